The van der Waals surface area contributed by atoms with E-state index in [1.54, 1.807) is 18.7 Å². The van der Waals surface area contributed by atoms with Crippen LogP contribution in [-0.2, 0) is 19.6 Å². The highest BCUT2D eigenvalue weighted by Crippen LogP contribution is 2.20. The molecule has 0 aliphatic carbocycles. The number of benzene rings is 1. The van der Waals surface area contributed by atoms with Crippen molar-refractivity contribution < 1.29 is 27.1 Å². The van der Waals surface area contributed by atoms with Gasteiger partial charge in [0.15, 0.2) is 6.61 Å². The van der Waals surface area contributed by atoms with Crippen molar-refractivity contribution in [1.29, 1.82) is 0 Å². The third-order valence-electron chi connectivity index (χ3n) is 4.84. The van der Waals surface area contributed by atoms with Crippen LogP contribution in [0.1, 0.15) is 44.0 Å². The minimum atomic E-state index is -3.84. The third kappa shape index (κ3) is 5.08. The lowest BCUT2D eigenvalue weighted by Crippen LogP contribution is -2.41. The molecule has 1 unspecified atom stereocenters. The van der Waals surface area contributed by atoms with Gasteiger partial charge < -0.3 is 9.64 Å². The van der Waals surface area contributed by atoms with Crippen LogP contribution in [-0.4, -0.2) is 62.3 Å². The molecule has 7 nitrogen and oxygen atoms in total. The summed E-state index contributed by atoms with van der Waals surface area (Å²) in [6.07, 6.45) is 1.93. The van der Waals surface area contributed by atoms with Gasteiger partial charge >= 0.3 is 5.97 Å². The quantitative estimate of drug-likeness (QED) is 0.639. The van der Waals surface area contributed by atoms with Gasteiger partial charge in [-0.2, -0.15) is 4.31 Å². The number of rotatable bonds is 7. The summed E-state index contributed by atoms with van der Waals surface area (Å²) in [5.74, 6) is -1.92. The zero-order valence-corrected chi connectivity index (χ0v) is 17.3. The van der Waals surface area contributed by atoms with E-state index in [1.165, 1.54) is 4.31 Å². The van der Waals surface area contributed by atoms with E-state index in [4.69, 9.17) is 4.74 Å². The minimum absolute atomic E-state index is 0.194. The van der Waals surface area contributed by atoms with Gasteiger partial charge in [0.25, 0.3) is 5.91 Å². The topological polar surface area (TPSA) is 84.0 Å². The number of carbonyl (C=O) groups excluding carboxylic acids is 2. The summed E-state index contributed by atoms with van der Waals surface area (Å²) in [4.78, 5) is 25.9. The van der Waals surface area contributed by atoms with Crippen molar-refractivity contribution in [1.82, 2.24) is 9.21 Å². The first-order valence-electron chi connectivity index (χ1n) is 9.45. The molecule has 1 amide bonds. The van der Waals surface area contributed by atoms with E-state index in [-0.39, 0.29) is 23.9 Å². The maximum atomic E-state index is 14.1. The number of amides is 1. The van der Waals surface area contributed by atoms with Crippen LogP contribution in [0, 0.1) is 11.7 Å². The van der Waals surface area contributed by atoms with E-state index in [1.807, 2.05) is 6.92 Å². The molecule has 1 heterocycles. The SMILES string of the molecule is CCN(CC)S(=O)(=O)c1ccc(F)c(C(=O)OCC(=O)N2CCCC(C)C2)c1. The van der Waals surface area contributed by atoms with Crippen LogP contribution < -0.4 is 0 Å². The zero-order valence-electron chi connectivity index (χ0n) is 16.5. The fourth-order valence-electron chi connectivity index (χ4n) is 3.25. The van der Waals surface area contributed by atoms with E-state index in [9.17, 15) is 22.4 Å². The van der Waals surface area contributed by atoms with Gasteiger partial charge in [-0.15, -0.1) is 0 Å². The van der Waals surface area contributed by atoms with Crippen molar-refractivity contribution in [2.45, 2.75) is 38.5 Å². The number of hydrogen-bond donors (Lipinski definition) is 0. The molecule has 156 valence electrons. The molecule has 1 fully saturated rings. The van der Waals surface area contributed by atoms with Crippen LogP contribution in [0.5, 0.6) is 0 Å². The first kappa shape index (κ1) is 22.3. The molecule has 2 rings (SSSR count). The van der Waals surface area contributed by atoms with E-state index < -0.39 is 34.0 Å². The second kappa shape index (κ2) is 9.47. The molecule has 28 heavy (non-hydrogen) atoms. The first-order valence-corrected chi connectivity index (χ1v) is 10.9. The Kier molecular flexibility index (Phi) is 7.54. The van der Waals surface area contributed by atoms with Gasteiger partial charge in [-0.25, -0.2) is 17.6 Å². The summed E-state index contributed by atoms with van der Waals surface area (Å²) in [7, 11) is -3.84. The van der Waals surface area contributed by atoms with Crippen molar-refractivity contribution >= 4 is 21.9 Å². The number of nitrogens with zero attached hydrogens (tertiary/aromatic N) is 2. The maximum absolute atomic E-state index is 14.1. The second-order valence-electron chi connectivity index (χ2n) is 6.89. The molecule has 0 aromatic heterocycles. The molecule has 1 aromatic carbocycles. The Morgan fingerprint density at radius 3 is 2.57 bits per heavy atom. The molecule has 0 saturated carbocycles. The molecule has 9 heteroatoms. The molecule has 0 bridgehead atoms. The van der Waals surface area contributed by atoms with Crippen LogP contribution in [0.2, 0.25) is 0 Å². The number of sulfonamides is 1. The lowest BCUT2D eigenvalue weighted by Gasteiger charge is -2.30. The lowest BCUT2D eigenvalue weighted by atomic mass is 10.0. The Bertz CT molecular complexity index is 824. The van der Waals surface area contributed by atoms with Crippen molar-refractivity contribution in [3.8, 4) is 0 Å². The van der Waals surface area contributed by atoms with Gasteiger partial charge in [0.2, 0.25) is 10.0 Å². The van der Waals surface area contributed by atoms with Gasteiger partial charge in [0.05, 0.1) is 10.5 Å². The number of ether oxygens (including phenoxy) is 1. The standard InChI is InChI=1S/C19H27FN2O5S/c1-4-22(5-2)28(25,26)15-8-9-17(20)16(11-15)19(24)27-13-18(23)21-10-6-7-14(3)12-21/h8-9,11,14H,4-7,10,12-13H2,1-3H3. The van der Waals surface area contributed by atoms with Gasteiger partial charge in [0, 0.05) is 26.2 Å². The van der Waals surface area contributed by atoms with Gasteiger partial charge in [0.1, 0.15) is 5.82 Å². The zero-order chi connectivity index (χ0) is 20.9. The van der Waals surface area contributed by atoms with E-state index in [0.29, 0.717) is 19.0 Å². The van der Waals surface area contributed by atoms with Crippen molar-refractivity contribution in [3.63, 3.8) is 0 Å². The van der Waals surface area contributed by atoms with Crippen LogP contribution in [0.3, 0.4) is 0 Å². The number of likely N-dealkylation sites (tertiary alicyclic amines) is 1. The molecular formula is C19H27FN2O5S. The number of carbonyl (C=O) groups is 2. The van der Waals surface area contributed by atoms with Crippen LogP contribution >= 0.6 is 0 Å². The Labute approximate surface area is 165 Å². The number of halogens is 1. The monoisotopic (exact) mass is 414 g/mol. The summed E-state index contributed by atoms with van der Waals surface area (Å²) in [5, 5.41) is 0. The highest BCUT2D eigenvalue weighted by atomic mass is 32.2. The van der Waals surface area contributed by atoms with Gasteiger partial charge in [-0.1, -0.05) is 20.8 Å². The van der Waals surface area contributed by atoms with Crippen LogP contribution in [0.15, 0.2) is 23.1 Å². The molecule has 1 aliphatic heterocycles. The summed E-state index contributed by atoms with van der Waals surface area (Å²) in [5.41, 5.74) is -0.506. The average molecular weight is 414 g/mol. The Morgan fingerprint density at radius 1 is 1.29 bits per heavy atom. The third-order valence-corrected chi connectivity index (χ3v) is 6.88. The summed E-state index contributed by atoms with van der Waals surface area (Å²) in [6, 6.07) is 2.99. The number of esters is 1. The fraction of sp³-hybridized carbons (Fsp3) is 0.579. The van der Waals surface area contributed by atoms with Gasteiger partial charge in [-0.3, -0.25) is 4.79 Å². The van der Waals surface area contributed by atoms with Crippen molar-refractivity contribution in [2.75, 3.05) is 32.8 Å². The van der Waals surface area contributed by atoms with Crippen LogP contribution in [0.4, 0.5) is 4.39 Å². The van der Waals surface area contributed by atoms with E-state index in [2.05, 4.69) is 0 Å². The summed E-state index contributed by atoms with van der Waals surface area (Å²) in [6.45, 7) is 6.62. The smallest absolute Gasteiger partial charge is 0.341 e. The molecule has 1 aromatic rings. The Morgan fingerprint density at radius 2 is 1.96 bits per heavy atom. The number of hydrogen-bond acceptors (Lipinski definition) is 5. The Balaban J connectivity index is 2.12. The first-order chi connectivity index (χ1) is 13.2. The molecule has 1 atom stereocenters. The predicted molar refractivity (Wildman–Crippen MR) is 102 cm³/mol. The average Bonchev–Trinajstić information content (AvgIpc) is 2.66. The molecular weight excluding hydrogens is 387 g/mol. The minimum Gasteiger partial charge on any atom is -0.452 e. The lowest BCUT2D eigenvalue weighted by molar-refractivity contribution is -0.136. The normalized spacial score (nSPS) is 17.6. The fourth-order valence-corrected chi connectivity index (χ4v) is 4.73. The summed E-state index contributed by atoms with van der Waals surface area (Å²) < 4.78 is 45.4. The maximum Gasteiger partial charge on any atom is 0.341 e. The highest BCUT2D eigenvalue weighted by molar-refractivity contribution is 7.89. The highest BCUT2D eigenvalue weighted by Gasteiger charge is 2.26. The van der Waals surface area contributed by atoms with Crippen LogP contribution in [0.25, 0.3) is 0 Å². The molecule has 0 N–H and O–H groups in total. The molecule has 0 spiro atoms. The molecule has 1 saturated heterocycles. The largest absolute Gasteiger partial charge is 0.452 e. The second-order valence-corrected chi connectivity index (χ2v) is 8.83. The van der Waals surface area contributed by atoms with E-state index >= 15 is 0 Å². The van der Waals surface area contributed by atoms with Crippen molar-refractivity contribution in [3.05, 3.63) is 29.6 Å². The predicted octanol–water partition coefficient (Wildman–Crippen LogP) is 2.27. The Hall–Kier alpha value is -2.00. The van der Waals surface area contributed by atoms with Crippen molar-refractivity contribution in [2.24, 2.45) is 5.92 Å². The summed E-state index contributed by atoms with van der Waals surface area (Å²) >= 11 is 0. The van der Waals surface area contributed by atoms with Gasteiger partial charge in [-0.05, 0) is 37.0 Å². The number of piperidine rings is 1. The van der Waals surface area contributed by atoms with E-state index in [0.717, 1.165) is 31.0 Å². The molecule has 0 radical (unpaired) electrons. The molecule has 1 aliphatic rings.